The lowest BCUT2D eigenvalue weighted by Crippen LogP contribution is -2.27. The maximum absolute atomic E-state index is 12.5. The molecule has 2 fully saturated rings. The van der Waals surface area contributed by atoms with E-state index < -0.39 is 0 Å². The second-order valence-electron chi connectivity index (χ2n) is 7.18. The molecule has 2 aromatic rings. The minimum absolute atomic E-state index is 0.135. The van der Waals surface area contributed by atoms with Crippen LogP contribution in [0.1, 0.15) is 41.6 Å². The summed E-state index contributed by atoms with van der Waals surface area (Å²) in [6, 6.07) is 7.43. The maximum Gasteiger partial charge on any atom is 0.253 e. The van der Waals surface area contributed by atoms with E-state index in [0.29, 0.717) is 18.0 Å². The molecule has 2 saturated heterocycles. The van der Waals surface area contributed by atoms with Gasteiger partial charge in [-0.2, -0.15) is 0 Å². The van der Waals surface area contributed by atoms with Gasteiger partial charge in [-0.1, -0.05) is 6.07 Å². The highest BCUT2D eigenvalue weighted by Gasteiger charge is 2.18. The second kappa shape index (κ2) is 9.01. The fraction of sp³-hybridized carbons (Fsp3) is 0.476. The molecule has 148 valence electrons. The molecule has 1 N–H and O–H groups in total. The zero-order chi connectivity index (χ0) is 19.2. The van der Waals surface area contributed by atoms with E-state index in [1.54, 1.807) is 24.5 Å². The van der Waals surface area contributed by atoms with Crippen molar-refractivity contribution in [2.24, 2.45) is 0 Å². The van der Waals surface area contributed by atoms with Crippen LogP contribution in [0.3, 0.4) is 0 Å². The summed E-state index contributed by atoms with van der Waals surface area (Å²) in [6.07, 6.45) is 7.62. The number of amides is 1. The summed E-state index contributed by atoms with van der Waals surface area (Å²) in [5, 5.41) is 2.98. The molecule has 7 heteroatoms. The first kappa shape index (κ1) is 18.7. The molecule has 0 bridgehead atoms. The van der Waals surface area contributed by atoms with Crippen molar-refractivity contribution >= 4 is 11.7 Å². The van der Waals surface area contributed by atoms with E-state index in [0.717, 1.165) is 50.5 Å². The largest absolute Gasteiger partial charge is 0.474 e. The van der Waals surface area contributed by atoms with Gasteiger partial charge in [-0.25, -0.2) is 9.97 Å². The first-order valence-corrected chi connectivity index (χ1v) is 9.97. The van der Waals surface area contributed by atoms with Crippen molar-refractivity contribution in [2.75, 3.05) is 31.2 Å². The lowest BCUT2D eigenvalue weighted by Gasteiger charge is -2.22. The van der Waals surface area contributed by atoms with E-state index in [4.69, 9.17) is 9.47 Å². The molecule has 0 saturated carbocycles. The highest BCUT2D eigenvalue weighted by atomic mass is 16.5. The Labute approximate surface area is 165 Å². The Hall–Kier alpha value is -2.67. The van der Waals surface area contributed by atoms with Crippen LogP contribution in [0.25, 0.3) is 0 Å². The predicted molar refractivity (Wildman–Crippen MR) is 106 cm³/mol. The summed E-state index contributed by atoms with van der Waals surface area (Å²) in [5.41, 5.74) is 1.55. The summed E-state index contributed by atoms with van der Waals surface area (Å²) in [6.45, 7) is 3.93. The van der Waals surface area contributed by atoms with E-state index in [1.807, 2.05) is 12.1 Å². The molecule has 0 radical (unpaired) electrons. The van der Waals surface area contributed by atoms with E-state index >= 15 is 0 Å². The quantitative estimate of drug-likeness (QED) is 0.828. The molecule has 0 spiro atoms. The van der Waals surface area contributed by atoms with Gasteiger partial charge in [0.05, 0.1) is 18.8 Å². The fourth-order valence-electron chi connectivity index (χ4n) is 3.61. The van der Waals surface area contributed by atoms with Gasteiger partial charge in [0, 0.05) is 56.5 Å². The van der Waals surface area contributed by atoms with Crippen LogP contribution in [0, 0.1) is 0 Å². The molecule has 4 heterocycles. The molecule has 2 aliphatic heterocycles. The van der Waals surface area contributed by atoms with Crippen molar-refractivity contribution in [3.8, 4) is 5.88 Å². The van der Waals surface area contributed by atoms with Gasteiger partial charge in [-0.3, -0.25) is 4.79 Å². The van der Waals surface area contributed by atoms with Crippen molar-refractivity contribution in [3.63, 3.8) is 0 Å². The van der Waals surface area contributed by atoms with Crippen LogP contribution in [0.4, 0.5) is 5.82 Å². The monoisotopic (exact) mass is 382 g/mol. The van der Waals surface area contributed by atoms with E-state index in [1.165, 1.54) is 12.8 Å². The summed E-state index contributed by atoms with van der Waals surface area (Å²) >= 11 is 0. The van der Waals surface area contributed by atoms with E-state index in [9.17, 15) is 4.79 Å². The zero-order valence-corrected chi connectivity index (χ0v) is 16.0. The molecule has 0 unspecified atom stereocenters. The number of anilines is 1. The lowest BCUT2D eigenvalue weighted by molar-refractivity contribution is 0.0237. The third-order valence-electron chi connectivity index (χ3n) is 5.17. The van der Waals surface area contributed by atoms with Gasteiger partial charge >= 0.3 is 0 Å². The second-order valence-corrected chi connectivity index (χ2v) is 7.18. The Morgan fingerprint density at radius 3 is 2.75 bits per heavy atom. The Kier molecular flexibility index (Phi) is 6.01. The topological polar surface area (TPSA) is 76.6 Å². The normalized spacial score (nSPS) is 17.5. The Morgan fingerprint density at radius 1 is 1.18 bits per heavy atom. The first-order valence-electron chi connectivity index (χ1n) is 9.97. The summed E-state index contributed by atoms with van der Waals surface area (Å²) < 4.78 is 11.2. The average Bonchev–Trinajstić information content (AvgIpc) is 3.28. The van der Waals surface area contributed by atoms with Crippen LogP contribution in [0.2, 0.25) is 0 Å². The molecule has 28 heavy (non-hydrogen) atoms. The van der Waals surface area contributed by atoms with E-state index in [2.05, 4.69) is 20.2 Å². The molecule has 2 aliphatic rings. The van der Waals surface area contributed by atoms with Crippen LogP contribution < -0.4 is 15.0 Å². The highest BCUT2D eigenvalue weighted by molar-refractivity contribution is 5.93. The van der Waals surface area contributed by atoms with Gasteiger partial charge in [-0.05, 0) is 25.0 Å². The number of aromatic nitrogens is 2. The third kappa shape index (κ3) is 4.59. The van der Waals surface area contributed by atoms with Crippen molar-refractivity contribution in [1.82, 2.24) is 15.3 Å². The molecule has 7 nitrogen and oxygen atoms in total. The molecule has 0 aromatic carbocycles. The van der Waals surface area contributed by atoms with Crippen LogP contribution in [-0.4, -0.2) is 48.3 Å². The smallest absolute Gasteiger partial charge is 0.253 e. The van der Waals surface area contributed by atoms with Crippen molar-refractivity contribution in [1.29, 1.82) is 0 Å². The number of ether oxygens (including phenoxy) is 2. The Balaban J connectivity index is 1.34. The zero-order valence-electron chi connectivity index (χ0n) is 16.0. The maximum atomic E-state index is 12.5. The molecule has 1 amide bonds. The minimum Gasteiger partial charge on any atom is -0.474 e. The molecular weight excluding hydrogens is 356 g/mol. The van der Waals surface area contributed by atoms with Crippen molar-refractivity contribution < 1.29 is 14.3 Å². The SMILES string of the molecule is O=C(NCc1cccnc1N1CCCC1)c1ccc(OC2CCOCC2)nc1. The van der Waals surface area contributed by atoms with Crippen molar-refractivity contribution in [3.05, 3.63) is 47.8 Å². The van der Waals surface area contributed by atoms with Crippen molar-refractivity contribution in [2.45, 2.75) is 38.3 Å². The Bertz CT molecular complexity index is 784. The van der Waals surface area contributed by atoms with Crippen LogP contribution >= 0.6 is 0 Å². The fourth-order valence-corrected chi connectivity index (χ4v) is 3.61. The third-order valence-corrected chi connectivity index (χ3v) is 5.17. The number of rotatable bonds is 6. The summed E-state index contributed by atoms with van der Waals surface area (Å²) in [5.74, 6) is 1.37. The number of hydrogen-bond acceptors (Lipinski definition) is 6. The number of carbonyl (C=O) groups is 1. The van der Waals surface area contributed by atoms with Gasteiger partial charge in [0.25, 0.3) is 5.91 Å². The molecule has 0 atom stereocenters. The number of pyridine rings is 2. The standard InChI is InChI=1S/C21H26N4O3/c26-21(17-5-6-19(23-15-17)28-18-7-12-27-13-8-18)24-14-16-4-3-9-22-20(16)25-10-1-2-11-25/h3-6,9,15,18H,1-2,7-8,10-14H2,(H,24,26). The summed E-state index contributed by atoms with van der Waals surface area (Å²) in [4.78, 5) is 23.6. The van der Waals surface area contributed by atoms with Gasteiger partial charge in [0.2, 0.25) is 5.88 Å². The molecule has 2 aromatic heterocycles. The molecular formula is C21H26N4O3. The van der Waals surface area contributed by atoms with E-state index in [-0.39, 0.29) is 12.0 Å². The minimum atomic E-state index is -0.152. The van der Waals surface area contributed by atoms with Crippen LogP contribution in [0.5, 0.6) is 5.88 Å². The van der Waals surface area contributed by atoms with Gasteiger partial charge in [0.15, 0.2) is 0 Å². The number of nitrogens with zero attached hydrogens (tertiary/aromatic N) is 3. The lowest BCUT2D eigenvalue weighted by atomic mass is 10.1. The van der Waals surface area contributed by atoms with Crippen LogP contribution in [0.15, 0.2) is 36.7 Å². The number of hydrogen-bond donors (Lipinski definition) is 1. The Morgan fingerprint density at radius 2 is 2.00 bits per heavy atom. The molecule has 4 rings (SSSR count). The number of carbonyl (C=O) groups excluding carboxylic acids is 1. The van der Waals surface area contributed by atoms with Gasteiger partial charge < -0.3 is 19.7 Å². The summed E-state index contributed by atoms with van der Waals surface area (Å²) in [7, 11) is 0. The van der Waals surface area contributed by atoms with Gasteiger partial charge in [0.1, 0.15) is 11.9 Å². The average molecular weight is 382 g/mol. The predicted octanol–water partition coefficient (Wildman–Crippen LogP) is 2.56. The van der Waals surface area contributed by atoms with Crippen LogP contribution in [-0.2, 0) is 11.3 Å². The van der Waals surface area contributed by atoms with Gasteiger partial charge in [-0.15, -0.1) is 0 Å². The highest BCUT2D eigenvalue weighted by Crippen LogP contribution is 2.22. The number of nitrogens with one attached hydrogen (secondary N) is 1. The molecule has 0 aliphatic carbocycles. The first-order chi connectivity index (χ1) is 13.8.